The number of rotatable bonds is 2. The Bertz CT molecular complexity index is 516. The van der Waals surface area contributed by atoms with Gasteiger partial charge in [-0.15, -0.1) is 0 Å². The van der Waals surface area contributed by atoms with Crippen LogP contribution in [-0.2, 0) is 9.53 Å². The van der Waals surface area contributed by atoms with Gasteiger partial charge in [0.05, 0.1) is 17.6 Å². The number of benzene rings is 1. The van der Waals surface area contributed by atoms with Crippen LogP contribution in [0.2, 0.25) is 0 Å². The smallest absolute Gasteiger partial charge is 0.317 e. The number of esters is 1. The number of nitro groups is 1. The maximum atomic E-state index is 13.2. The van der Waals surface area contributed by atoms with Gasteiger partial charge >= 0.3 is 5.97 Å². The maximum Gasteiger partial charge on any atom is 0.317 e. The summed E-state index contributed by atoms with van der Waals surface area (Å²) in [6, 6.07) is 3.01. The Morgan fingerprint density at radius 2 is 2.29 bits per heavy atom. The molecule has 0 saturated heterocycles. The number of ether oxygens (including phenoxy) is 1. The quantitative estimate of drug-likeness (QED) is 0.339. The number of halogens is 1. The molecular weight excluding hydrogens is 229 g/mol. The van der Waals surface area contributed by atoms with Crippen LogP contribution in [-0.4, -0.2) is 18.0 Å². The molecular formula is C11H8FNO4. The Morgan fingerprint density at radius 1 is 1.59 bits per heavy atom. The minimum absolute atomic E-state index is 0.122. The van der Waals surface area contributed by atoms with E-state index in [-0.39, 0.29) is 17.7 Å². The van der Waals surface area contributed by atoms with Crippen LogP contribution in [0.25, 0.3) is 0 Å². The van der Waals surface area contributed by atoms with Crippen LogP contribution in [0.15, 0.2) is 18.2 Å². The number of hydrogen-bond donors (Lipinski definition) is 0. The fourth-order valence-corrected chi connectivity index (χ4v) is 1.01. The molecule has 0 unspecified atom stereocenters. The number of nitrogens with zero attached hydrogens (tertiary/aromatic N) is 1. The molecule has 1 aromatic rings. The largest absolute Gasteiger partial charge is 0.468 e. The van der Waals surface area contributed by atoms with Crippen molar-refractivity contribution in [3.8, 4) is 11.8 Å². The molecule has 6 heteroatoms. The second-order valence-electron chi connectivity index (χ2n) is 2.98. The lowest BCUT2D eigenvalue weighted by Crippen LogP contribution is -1.97. The summed E-state index contributed by atoms with van der Waals surface area (Å²) in [7, 11) is 1.21. The summed E-state index contributed by atoms with van der Waals surface area (Å²) in [6.07, 6.45) is -0.196. The summed E-state index contributed by atoms with van der Waals surface area (Å²) in [5, 5.41) is 10.5. The van der Waals surface area contributed by atoms with Crippen molar-refractivity contribution in [2.45, 2.75) is 6.42 Å². The first-order chi connectivity index (χ1) is 8.04. The molecule has 0 fully saturated rings. The van der Waals surface area contributed by atoms with E-state index >= 15 is 0 Å². The van der Waals surface area contributed by atoms with E-state index < -0.39 is 16.7 Å². The van der Waals surface area contributed by atoms with Crippen LogP contribution in [0.1, 0.15) is 12.0 Å². The molecule has 0 aromatic heterocycles. The van der Waals surface area contributed by atoms with Crippen molar-refractivity contribution in [3.63, 3.8) is 0 Å². The third kappa shape index (κ3) is 3.57. The summed E-state index contributed by atoms with van der Waals surface area (Å²) in [6.45, 7) is 0. The third-order valence-corrected chi connectivity index (χ3v) is 1.84. The van der Waals surface area contributed by atoms with Crippen LogP contribution in [0.3, 0.4) is 0 Å². The molecule has 5 nitrogen and oxygen atoms in total. The van der Waals surface area contributed by atoms with E-state index in [9.17, 15) is 19.3 Å². The lowest BCUT2D eigenvalue weighted by Gasteiger charge is -1.95. The Balaban J connectivity index is 2.93. The topological polar surface area (TPSA) is 69.4 Å². The van der Waals surface area contributed by atoms with Crippen molar-refractivity contribution in [3.05, 3.63) is 39.7 Å². The average Bonchev–Trinajstić information content (AvgIpc) is 2.30. The zero-order valence-electron chi connectivity index (χ0n) is 8.90. The van der Waals surface area contributed by atoms with Gasteiger partial charge in [0.2, 0.25) is 0 Å². The molecule has 17 heavy (non-hydrogen) atoms. The first kappa shape index (κ1) is 12.6. The fraction of sp³-hybridized carbons (Fsp3) is 0.182. The molecule has 0 saturated carbocycles. The highest BCUT2D eigenvalue weighted by molar-refractivity contribution is 5.72. The molecule has 0 N–H and O–H groups in total. The molecule has 1 aromatic carbocycles. The van der Waals surface area contributed by atoms with Crippen molar-refractivity contribution in [1.82, 2.24) is 0 Å². The monoisotopic (exact) mass is 237 g/mol. The summed E-state index contributed by atoms with van der Waals surface area (Å²) < 4.78 is 17.5. The van der Waals surface area contributed by atoms with E-state index in [1.807, 2.05) is 0 Å². The number of non-ortho nitro benzene ring substituents is 1. The van der Waals surface area contributed by atoms with Gasteiger partial charge in [0.25, 0.3) is 5.69 Å². The average molecular weight is 237 g/mol. The highest BCUT2D eigenvalue weighted by atomic mass is 19.1. The molecule has 0 bridgehead atoms. The van der Waals surface area contributed by atoms with Crippen LogP contribution >= 0.6 is 0 Å². The van der Waals surface area contributed by atoms with Gasteiger partial charge in [0.1, 0.15) is 12.2 Å². The normalized spacial score (nSPS) is 9.06. The van der Waals surface area contributed by atoms with E-state index in [0.29, 0.717) is 0 Å². The number of methoxy groups -OCH3 is 1. The van der Waals surface area contributed by atoms with Crippen LogP contribution in [0.5, 0.6) is 0 Å². The number of carbonyl (C=O) groups is 1. The Kier molecular flexibility index (Phi) is 4.17. The minimum Gasteiger partial charge on any atom is -0.468 e. The van der Waals surface area contributed by atoms with Gasteiger partial charge in [0, 0.05) is 12.1 Å². The van der Waals surface area contributed by atoms with E-state index in [0.717, 1.165) is 18.2 Å². The second kappa shape index (κ2) is 5.61. The number of carbonyl (C=O) groups excluding carboxylic acids is 1. The zero-order chi connectivity index (χ0) is 12.8. The molecule has 0 aliphatic carbocycles. The molecule has 0 amide bonds. The molecule has 0 aliphatic rings. The lowest BCUT2D eigenvalue weighted by molar-refractivity contribution is -0.384. The molecule has 0 spiro atoms. The van der Waals surface area contributed by atoms with Crippen LogP contribution < -0.4 is 0 Å². The van der Waals surface area contributed by atoms with E-state index in [4.69, 9.17) is 0 Å². The summed E-state index contributed by atoms with van der Waals surface area (Å²) in [5.74, 6) is 3.49. The first-order valence-corrected chi connectivity index (χ1v) is 4.54. The summed E-state index contributed by atoms with van der Waals surface area (Å²) in [4.78, 5) is 20.5. The van der Waals surface area contributed by atoms with Crippen molar-refractivity contribution in [1.29, 1.82) is 0 Å². The number of nitro benzene ring substituents is 1. The van der Waals surface area contributed by atoms with E-state index in [1.54, 1.807) is 0 Å². The standard InChI is InChI=1S/C11H8FNO4/c1-17-11(14)4-2-3-8-7-9(13(15)16)5-6-10(8)12/h5-7H,4H2,1H3. The summed E-state index contributed by atoms with van der Waals surface area (Å²) in [5.41, 5.74) is -0.378. The highest BCUT2D eigenvalue weighted by Crippen LogP contribution is 2.15. The maximum absolute atomic E-state index is 13.2. The molecule has 0 aliphatic heterocycles. The predicted molar refractivity (Wildman–Crippen MR) is 56.6 cm³/mol. The van der Waals surface area contributed by atoms with Crippen LogP contribution in [0, 0.1) is 27.8 Å². The van der Waals surface area contributed by atoms with Gasteiger partial charge in [-0.25, -0.2) is 4.39 Å². The third-order valence-electron chi connectivity index (χ3n) is 1.84. The van der Waals surface area contributed by atoms with Crippen molar-refractivity contribution in [2.75, 3.05) is 7.11 Å². The van der Waals surface area contributed by atoms with Gasteiger partial charge in [-0.2, -0.15) is 0 Å². The van der Waals surface area contributed by atoms with Gasteiger partial charge in [-0.3, -0.25) is 14.9 Å². The zero-order valence-corrected chi connectivity index (χ0v) is 8.90. The molecule has 88 valence electrons. The van der Waals surface area contributed by atoms with Gasteiger partial charge in [-0.1, -0.05) is 11.8 Å². The Labute approximate surface area is 96.3 Å². The Morgan fingerprint density at radius 3 is 2.88 bits per heavy atom. The first-order valence-electron chi connectivity index (χ1n) is 4.54. The fourth-order valence-electron chi connectivity index (χ4n) is 1.01. The predicted octanol–water partition coefficient (Wildman–Crippen LogP) is 1.65. The van der Waals surface area contributed by atoms with E-state index in [2.05, 4.69) is 16.6 Å². The van der Waals surface area contributed by atoms with Crippen molar-refractivity contribution < 1.29 is 18.8 Å². The second-order valence-corrected chi connectivity index (χ2v) is 2.98. The van der Waals surface area contributed by atoms with Crippen LogP contribution in [0.4, 0.5) is 10.1 Å². The highest BCUT2D eigenvalue weighted by Gasteiger charge is 2.08. The SMILES string of the molecule is COC(=O)CC#Cc1cc([N+](=O)[O-])ccc1F. The van der Waals surface area contributed by atoms with Gasteiger partial charge < -0.3 is 4.74 Å². The lowest BCUT2D eigenvalue weighted by atomic mass is 10.2. The molecule has 0 radical (unpaired) electrons. The van der Waals surface area contributed by atoms with Gasteiger partial charge in [0.15, 0.2) is 0 Å². The van der Waals surface area contributed by atoms with Crippen molar-refractivity contribution >= 4 is 11.7 Å². The summed E-state index contributed by atoms with van der Waals surface area (Å²) >= 11 is 0. The Hall–Kier alpha value is -2.42. The van der Waals surface area contributed by atoms with Crippen molar-refractivity contribution in [2.24, 2.45) is 0 Å². The minimum atomic E-state index is -0.673. The van der Waals surface area contributed by atoms with E-state index in [1.165, 1.54) is 7.11 Å². The molecule has 0 atom stereocenters. The molecule has 1 rings (SSSR count). The molecule has 0 heterocycles. The van der Waals surface area contributed by atoms with Gasteiger partial charge in [-0.05, 0) is 6.07 Å². The number of hydrogen-bond acceptors (Lipinski definition) is 4.